The summed E-state index contributed by atoms with van der Waals surface area (Å²) in [4.78, 5) is 32.6. The fraction of sp³-hybridized carbons (Fsp3) is 0.538. The number of hydrogen-bond donors (Lipinski definition) is 2. The van der Waals surface area contributed by atoms with Gasteiger partial charge in [-0.3, -0.25) is 19.7 Å². The second-order valence-electron chi connectivity index (χ2n) is 4.95. The molecule has 1 heterocycles. The number of nitro groups is 1. The van der Waals surface area contributed by atoms with E-state index < -0.39 is 16.8 Å². The van der Waals surface area contributed by atoms with E-state index in [-0.39, 0.29) is 23.8 Å². The van der Waals surface area contributed by atoms with Gasteiger partial charge in [0.2, 0.25) is 0 Å². The van der Waals surface area contributed by atoms with E-state index in [2.05, 4.69) is 5.32 Å². The molecule has 1 rings (SSSR count). The number of nitrogens with one attached hydrogen (secondary N) is 1. The van der Waals surface area contributed by atoms with Crippen LogP contribution in [-0.2, 0) is 4.79 Å². The molecule has 0 spiro atoms. The van der Waals surface area contributed by atoms with E-state index in [1.165, 1.54) is 12.3 Å². The molecule has 116 valence electrons. The standard InChI is InChI=1S/C13H19N3O5/c1-9(2)15-8-10(16(20)21)7-11(15)13(19)14-6-4-3-5-12(17)18/h7-9H,3-6H2,1-2H3,(H,14,19)(H,17,18). The maximum absolute atomic E-state index is 12.0. The molecule has 1 amide bonds. The van der Waals surface area contributed by atoms with Crippen molar-refractivity contribution in [2.24, 2.45) is 0 Å². The first-order chi connectivity index (χ1) is 9.82. The van der Waals surface area contributed by atoms with Crippen LogP contribution in [0.4, 0.5) is 5.69 Å². The number of amides is 1. The second-order valence-corrected chi connectivity index (χ2v) is 4.95. The van der Waals surface area contributed by atoms with Crippen LogP contribution in [0.5, 0.6) is 0 Å². The summed E-state index contributed by atoms with van der Waals surface area (Å²) < 4.78 is 1.55. The number of aliphatic carboxylic acids is 1. The lowest BCUT2D eigenvalue weighted by molar-refractivity contribution is -0.384. The molecule has 0 atom stereocenters. The Hall–Kier alpha value is -2.38. The number of carbonyl (C=O) groups is 2. The molecule has 0 aliphatic carbocycles. The summed E-state index contributed by atoms with van der Waals surface area (Å²) in [5.74, 6) is -1.27. The fourth-order valence-corrected chi connectivity index (χ4v) is 1.87. The zero-order valence-electron chi connectivity index (χ0n) is 12.0. The lowest BCUT2D eigenvalue weighted by Crippen LogP contribution is -2.27. The molecule has 0 unspecified atom stereocenters. The number of rotatable bonds is 8. The number of hydrogen-bond acceptors (Lipinski definition) is 4. The van der Waals surface area contributed by atoms with Gasteiger partial charge in [0.25, 0.3) is 11.6 Å². The number of carboxylic acid groups (broad SMARTS) is 1. The van der Waals surface area contributed by atoms with Crippen LogP contribution in [0.25, 0.3) is 0 Å². The average molecular weight is 297 g/mol. The fourth-order valence-electron chi connectivity index (χ4n) is 1.87. The van der Waals surface area contributed by atoms with Crippen molar-refractivity contribution in [2.75, 3.05) is 6.54 Å². The summed E-state index contributed by atoms with van der Waals surface area (Å²) in [5, 5.41) is 21.9. The van der Waals surface area contributed by atoms with E-state index in [4.69, 9.17) is 5.11 Å². The monoisotopic (exact) mass is 297 g/mol. The van der Waals surface area contributed by atoms with Crippen molar-refractivity contribution in [1.29, 1.82) is 0 Å². The van der Waals surface area contributed by atoms with Gasteiger partial charge in [-0.15, -0.1) is 0 Å². The van der Waals surface area contributed by atoms with Gasteiger partial charge >= 0.3 is 5.97 Å². The summed E-state index contributed by atoms with van der Waals surface area (Å²) in [7, 11) is 0. The number of aromatic nitrogens is 1. The third-order valence-corrected chi connectivity index (χ3v) is 2.94. The van der Waals surface area contributed by atoms with Crippen molar-refractivity contribution in [2.45, 2.75) is 39.2 Å². The normalized spacial score (nSPS) is 10.6. The molecule has 1 aromatic heterocycles. The lowest BCUT2D eigenvalue weighted by Gasteiger charge is -2.12. The van der Waals surface area contributed by atoms with E-state index in [0.29, 0.717) is 19.4 Å². The van der Waals surface area contributed by atoms with Crippen molar-refractivity contribution < 1.29 is 19.6 Å². The Morgan fingerprint density at radius 3 is 2.62 bits per heavy atom. The molecule has 2 N–H and O–H groups in total. The van der Waals surface area contributed by atoms with E-state index in [9.17, 15) is 19.7 Å². The van der Waals surface area contributed by atoms with Crippen LogP contribution in [0, 0.1) is 10.1 Å². The first-order valence-corrected chi connectivity index (χ1v) is 6.69. The molecule has 0 radical (unpaired) electrons. The van der Waals surface area contributed by atoms with Crippen LogP contribution in [0.1, 0.15) is 49.6 Å². The Morgan fingerprint density at radius 1 is 1.43 bits per heavy atom. The van der Waals surface area contributed by atoms with Crippen molar-refractivity contribution in [1.82, 2.24) is 9.88 Å². The van der Waals surface area contributed by atoms with Gasteiger partial charge < -0.3 is 15.0 Å². The minimum Gasteiger partial charge on any atom is -0.481 e. The molecule has 8 nitrogen and oxygen atoms in total. The molecule has 0 aliphatic rings. The van der Waals surface area contributed by atoms with E-state index >= 15 is 0 Å². The van der Waals surface area contributed by atoms with Crippen LogP contribution < -0.4 is 5.32 Å². The summed E-state index contributed by atoms with van der Waals surface area (Å²) >= 11 is 0. The Labute approximate surface area is 121 Å². The van der Waals surface area contributed by atoms with E-state index in [1.54, 1.807) is 4.57 Å². The van der Waals surface area contributed by atoms with Gasteiger partial charge in [0.1, 0.15) is 5.69 Å². The predicted octanol–water partition coefficient (Wildman–Crippen LogP) is 1.96. The van der Waals surface area contributed by atoms with E-state index in [1.807, 2.05) is 13.8 Å². The Balaban J connectivity index is 2.64. The van der Waals surface area contributed by atoms with Gasteiger partial charge in [0.15, 0.2) is 0 Å². The number of carboxylic acids is 1. The van der Waals surface area contributed by atoms with Gasteiger partial charge in [-0.25, -0.2) is 0 Å². The van der Waals surface area contributed by atoms with Crippen molar-refractivity contribution in [3.8, 4) is 0 Å². The molecular weight excluding hydrogens is 278 g/mol. The summed E-state index contributed by atoms with van der Waals surface area (Å²) in [5.41, 5.74) is 0.106. The van der Waals surface area contributed by atoms with Crippen LogP contribution in [0.2, 0.25) is 0 Å². The maximum Gasteiger partial charge on any atom is 0.303 e. The van der Waals surface area contributed by atoms with Gasteiger partial charge in [-0.2, -0.15) is 0 Å². The molecule has 0 saturated carbocycles. The third kappa shape index (κ3) is 4.90. The summed E-state index contributed by atoms with van der Waals surface area (Å²) in [6.07, 6.45) is 2.41. The second kappa shape index (κ2) is 7.41. The van der Waals surface area contributed by atoms with Crippen LogP contribution in [0.15, 0.2) is 12.3 Å². The topological polar surface area (TPSA) is 114 Å². The molecule has 0 bridgehead atoms. The number of carbonyl (C=O) groups excluding carboxylic acids is 1. The Bertz CT molecular complexity index is 536. The highest BCUT2D eigenvalue weighted by atomic mass is 16.6. The van der Waals surface area contributed by atoms with Gasteiger partial charge in [-0.05, 0) is 26.7 Å². The minimum absolute atomic E-state index is 0.0592. The average Bonchev–Trinajstić information content (AvgIpc) is 2.83. The molecule has 21 heavy (non-hydrogen) atoms. The Kier molecular flexibility index (Phi) is 5.89. The molecule has 0 aromatic carbocycles. The first kappa shape index (κ1) is 16.7. The molecule has 0 aliphatic heterocycles. The van der Waals surface area contributed by atoms with Gasteiger partial charge in [0, 0.05) is 25.1 Å². The summed E-state index contributed by atoms with van der Waals surface area (Å²) in [6.45, 7) is 3.99. The van der Waals surface area contributed by atoms with Crippen LogP contribution in [-0.4, -0.2) is 33.0 Å². The first-order valence-electron chi connectivity index (χ1n) is 6.69. The number of unbranched alkanes of at least 4 members (excludes halogenated alkanes) is 1. The molecule has 0 fully saturated rings. The van der Waals surface area contributed by atoms with Gasteiger partial charge in [0.05, 0.1) is 11.1 Å². The Morgan fingerprint density at radius 2 is 2.10 bits per heavy atom. The quantitative estimate of drug-likeness (QED) is 0.432. The van der Waals surface area contributed by atoms with Gasteiger partial charge in [-0.1, -0.05) is 0 Å². The zero-order chi connectivity index (χ0) is 16.0. The lowest BCUT2D eigenvalue weighted by atomic mass is 10.2. The SMILES string of the molecule is CC(C)n1cc([N+](=O)[O-])cc1C(=O)NCCCCC(=O)O. The molecular formula is C13H19N3O5. The van der Waals surface area contributed by atoms with Crippen molar-refractivity contribution >= 4 is 17.6 Å². The van der Waals surface area contributed by atoms with Crippen molar-refractivity contribution in [3.63, 3.8) is 0 Å². The molecule has 0 saturated heterocycles. The van der Waals surface area contributed by atoms with E-state index in [0.717, 1.165) is 0 Å². The smallest absolute Gasteiger partial charge is 0.303 e. The minimum atomic E-state index is -0.870. The molecule has 8 heteroatoms. The highest BCUT2D eigenvalue weighted by molar-refractivity contribution is 5.93. The largest absolute Gasteiger partial charge is 0.481 e. The summed E-state index contributed by atoms with van der Waals surface area (Å²) in [6, 6.07) is 1.17. The third-order valence-electron chi connectivity index (χ3n) is 2.94. The highest BCUT2D eigenvalue weighted by Gasteiger charge is 2.20. The predicted molar refractivity (Wildman–Crippen MR) is 75.3 cm³/mol. The zero-order valence-corrected chi connectivity index (χ0v) is 12.0. The van der Waals surface area contributed by atoms with Crippen LogP contribution >= 0.6 is 0 Å². The maximum atomic E-state index is 12.0. The van der Waals surface area contributed by atoms with Crippen LogP contribution in [0.3, 0.4) is 0 Å². The highest BCUT2D eigenvalue weighted by Crippen LogP contribution is 2.20. The number of nitrogens with zero attached hydrogens (tertiary/aromatic N) is 2. The van der Waals surface area contributed by atoms with Crippen molar-refractivity contribution in [3.05, 3.63) is 28.1 Å². The molecule has 1 aromatic rings.